The first-order chi connectivity index (χ1) is 9.58. The van der Waals surface area contributed by atoms with E-state index in [0.717, 1.165) is 11.1 Å². The van der Waals surface area contributed by atoms with Crippen molar-refractivity contribution in [3.05, 3.63) is 65.2 Å². The fraction of sp³-hybridized carbons (Fsp3) is 0.188. The third-order valence-electron chi connectivity index (χ3n) is 3.00. The molecular weight excluding hydrogens is 254 g/mol. The van der Waals surface area contributed by atoms with E-state index in [2.05, 4.69) is 0 Å². The Labute approximate surface area is 117 Å². The Hall–Kier alpha value is -2.33. The topological polar surface area (TPSA) is 72.6 Å². The molecule has 2 aromatic carbocycles. The van der Waals surface area contributed by atoms with Crippen molar-refractivity contribution in [1.82, 2.24) is 0 Å². The molecule has 0 heterocycles. The maximum atomic E-state index is 11.2. The molecule has 0 bridgehead atoms. The summed E-state index contributed by atoms with van der Waals surface area (Å²) in [7, 11) is 0. The van der Waals surface area contributed by atoms with E-state index in [9.17, 15) is 9.90 Å². The zero-order chi connectivity index (χ0) is 14.5. The van der Waals surface area contributed by atoms with Gasteiger partial charge in [0.25, 0.3) is 0 Å². The van der Waals surface area contributed by atoms with Gasteiger partial charge in [-0.25, -0.2) is 4.79 Å². The Kier molecular flexibility index (Phi) is 4.38. The molecule has 0 spiro atoms. The smallest absolute Gasteiger partial charge is 0.339 e. The van der Waals surface area contributed by atoms with Crippen LogP contribution in [0.4, 0.5) is 0 Å². The van der Waals surface area contributed by atoms with Crippen LogP contribution in [0.25, 0.3) is 0 Å². The fourth-order valence-corrected chi connectivity index (χ4v) is 1.85. The highest BCUT2D eigenvalue weighted by molar-refractivity contribution is 5.91. The number of aromatic carboxylic acids is 1. The standard InChI is InChI=1S/C16H17NO3/c1-11(17)13-7-8-14(16(18)19)15(9-13)20-10-12-5-3-2-4-6-12/h2-9,11H,10,17H2,1H3,(H,18,19). The summed E-state index contributed by atoms with van der Waals surface area (Å²) in [5, 5.41) is 9.18. The third kappa shape index (κ3) is 3.36. The third-order valence-corrected chi connectivity index (χ3v) is 3.00. The zero-order valence-corrected chi connectivity index (χ0v) is 11.2. The van der Waals surface area contributed by atoms with Gasteiger partial charge in [-0.3, -0.25) is 0 Å². The molecule has 0 aromatic heterocycles. The van der Waals surface area contributed by atoms with Gasteiger partial charge in [0.05, 0.1) is 0 Å². The molecule has 2 rings (SSSR count). The second kappa shape index (κ2) is 6.21. The molecule has 0 radical (unpaired) electrons. The van der Waals surface area contributed by atoms with Gasteiger partial charge >= 0.3 is 5.97 Å². The van der Waals surface area contributed by atoms with E-state index in [-0.39, 0.29) is 11.6 Å². The molecule has 1 unspecified atom stereocenters. The van der Waals surface area contributed by atoms with Gasteiger partial charge in [-0.15, -0.1) is 0 Å². The van der Waals surface area contributed by atoms with Gasteiger partial charge in [0.2, 0.25) is 0 Å². The van der Waals surface area contributed by atoms with Gasteiger partial charge in [-0.05, 0) is 30.2 Å². The molecule has 0 aliphatic heterocycles. The quantitative estimate of drug-likeness (QED) is 0.876. The summed E-state index contributed by atoms with van der Waals surface area (Å²) in [6.07, 6.45) is 0. The second-order valence-corrected chi connectivity index (χ2v) is 4.62. The summed E-state index contributed by atoms with van der Waals surface area (Å²) in [4.78, 5) is 11.2. The van der Waals surface area contributed by atoms with Crippen molar-refractivity contribution in [2.24, 2.45) is 5.73 Å². The van der Waals surface area contributed by atoms with E-state index in [4.69, 9.17) is 10.5 Å². The lowest BCUT2D eigenvalue weighted by Gasteiger charge is -2.13. The van der Waals surface area contributed by atoms with E-state index < -0.39 is 5.97 Å². The fourth-order valence-electron chi connectivity index (χ4n) is 1.85. The van der Waals surface area contributed by atoms with Crippen molar-refractivity contribution in [3.63, 3.8) is 0 Å². The van der Waals surface area contributed by atoms with Crippen LogP contribution in [-0.2, 0) is 6.61 Å². The number of carboxylic acids is 1. The summed E-state index contributed by atoms with van der Waals surface area (Å²) in [6, 6.07) is 14.4. The lowest BCUT2D eigenvalue weighted by atomic mass is 10.1. The highest BCUT2D eigenvalue weighted by Gasteiger charge is 2.13. The Balaban J connectivity index is 2.24. The average molecular weight is 271 g/mol. The number of carbonyl (C=O) groups is 1. The number of hydrogen-bond donors (Lipinski definition) is 2. The summed E-state index contributed by atoms with van der Waals surface area (Å²) in [5.41, 5.74) is 7.78. The van der Waals surface area contributed by atoms with Gasteiger partial charge < -0.3 is 15.6 Å². The van der Waals surface area contributed by atoms with Crippen LogP contribution in [0.15, 0.2) is 48.5 Å². The number of rotatable bonds is 5. The minimum atomic E-state index is -1.01. The predicted octanol–water partition coefficient (Wildman–Crippen LogP) is 2.98. The zero-order valence-electron chi connectivity index (χ0n) is 11.2. The first kappa shape index (κ1) is 14.1. The highest BCUT2D eigenvalue weighted by atomic mass is 16.5. The van der Waals surface area contributed by atoms with Crippen LogP contribution in [0.1, 0.15) is 34.5 Å². The van der Waals surface area contributed by atoms with Gasteiger partial charge in [0.15, 0.2) is 0 Å². The number of nitrogens with two attached hydrogens (primary N) is 1. The molecule has 0 amide bonds. The van der Waals surface area contributed by atoms with Crippen molar-refractivity contribution in [2.45, 2.75) is 19.6 Å². The molecule has 0 fully saturated rings. The molecule has 2 aromatic rings. The van der Waals surface area contributed by atoms with Crippen LogP contribution < -0.4 is 10.5 Å². The molecule has 20 heavy (non-hydrogen) atoms. The molecule has 1 atom stereocenters. The summed E-state index contributed by atoms with van der Waals surface area (Å²) in [5.74, 6) is -0.666. The molecule has 104 valence electrons. The first-order valence-electron chi connectivity index (χ1n) is 6.37. The Bertz CT molecular complexity index is 594. The maximum absolute atomic E-state index is 11.2. The first-order valence-corrected chi connectivity index (χ1v) is 6.37. The van der Waals surface area contributed by atoms with Crippen molar-refractivity contribution >= 4 is 5.97 Å². The van der Waals surface area contributed by atoms with Crippen LogP contribution in [0.5, 0.6) is 5.75 Å². The van der Waals surface area contributed by atoms with Gasteiger partial charge in [0, 0.05) is 6.04 Å². The normalized spacial score (nSPS) is 11.9. The van der Waals surface area contributed by atoms with Crippen LogP contribution in [-0.4, -0.2) is 11.1 Å². The number of benzene rings is 2. The van der Waals surface area contributed by atoms with E-state index >= 15 is 0 Å². The van der Waals surface area contributed by atoms with Crippen LogP contribution in [0.2, 0.25) is 0 Å². The highest BCUT2D eigenvalue weighted by Crippen LogP contribution is 2.24. The van der Waals surface area contributed by atoms with Crippen molar-refractivity contribution < 1.29 is 14.6 Å². The molecule has 0 saturated heterocycles. The Morgan fingerprint density at radius 3 is 2.55 bits per heavy atom. The molecule has 0 aliphatic carbocycles. The van der Waals surface area contributed by atoms with E-state index in [0.29, 0.717) is 12.4 Å². The molecule has 3 N–H and O–H groups in total. The van der Waals surface area contributed by atoms with E-state index in [1.807, 2.05) is 37.3 Å². The van der Waals surface area contributed by atoms with Crippen LogP contribution in [0, 0.1) is 0 Å². The van der Waals surface area contributed by atoms with E-state index in [1.165, 1.54) is 6.07 Å². The van der Waals surface area contributed by atoms with Crippen LogP contribution >= 0.6 is 0 Å². The number of ether oxygens (including phenoxy) is 1. The van der Waals surface area contributed by atoms with Crippen molar-refractivity contribution in [3.8, 4) is 5.75 Å². The van der Waals surface area contributed by atoms with Crippen LogP contribution in [0.3, 0.4) is 0 Å². The molecule has 0 aliphatic rings. The molecule has 4 nitrogen and oxygen atoms in total. The molecule has 0 saturated carbocycles. The lowest BCUT2D eigenvalue weighted by Crippen LogP contribution is -2.08. The summed E-state index contributed by atoms with van der Waals surface area (Å²) < 4.78 is 5.64. The van der Waals surface area contributed by atoms with Gasteiger partial charge in [-0.2, -0.15) is 0 Å². The minimum absolute atomic E-state index is 0.144. The van der Waals surface area contributed by atoms with Crippen molar-refractivity contribution in [1.29, 1.82) is 0 Å². The SMILES string of the molecule is CC(N)c1ccc(C(=O)O)c(OCc2ccccc2)c1. The largest absolute Gasteiger partial charge is 0.488 e. The maximum Gasteiger partial charge on any atom is 0.339 e. The van der Waals surface area contributed by atoms with E-state index in [1.54, 1.807) is 12.1 Å². The predicted molar refractivity (Wildman–Crippen MR) is 76.8 cm³/mol. The second-order valence-electron chi connectivity index (χ2n) is 4.62. The average Bonchev–Trinajstić information content (AvgIpc) is 2.45. The Morgan fingerprint density at radius 2 is 1.95 bits per heavy atom. The summed E-state index contributed by atoms with van der Waals surface area (Å²) in [6.45, 7) is 2.17. The lowest BCUT2D eigenvalue weighted by molar-refractivity contribution is 0.0691. The Morgan fingerprint density at radius 1 is 1.25 bits per heavy atom. The monoisotopic (exact) mass is 271 g/mol. The minimum Gasteiger partial charge on any atom is -0.488 e. The van der Waals surface area contributed by atoms with Crippen molar-refractivity contribution in [2.75, 3.05) is 0 Å². The van der Waals surface area contributed by atoms with Gasteiger partial charge in [0.1, 0.15) is 17.9 Å². The summed E-state index contributed by atoms with van der Waals surface area (Å²) >= 11 is 0. The van der Waals surface area contributed by atoms with Gasteiger partial charge in [-0.1, -0.05) is 36.4 Å². The number of carboxylic acid groups (broad SMARTS) is 1. The number of hydrogen-bond acceptors (Lipinski definition) is 3. The molecule has 4 heteroatoms. The molecular formula is C16H17NO3.